The van der Waals surface area contributed by atoms with E-state index in [4.69, 9.17) is 4.74 Å². The lowest BCUT2D eigenvalue weighted by Crippen LogP contribution is -2.75. The van der Waals surface area contributed by atoms with E-state index < -0.39 is 0 Å². The summed E-state index contributed by atoms with van der Waals surface area (Å²) < 4.78 is 4.92. The summed E-state index contributed by atoms with van der Waals surface area (Å²) in [6, 6.07) is 8.26. The van der Waals surface area contributed by atoms with Crippen LogP contribution in [-0.4, -0.2) is 23.6 Å². The van der Waals surface area contributed by atoms with Gasteiger partial charge in [-0.15, -0.1) is 0 Å². The molecule has 0 radical (unpaired) electrons. The van der Waals surface area contributed by atoms with E-state index in [-0.39, 0.29) is 23.8 Å². The molecular weight excluding hydrogens is 314 g/mol. The monoisotopic (exact) mass is 340 g/mol. The van der Waals surface area contributed by atoms with Gasteiger partial charge in [0.05, 0.1) is 13.5 Å². The summed E-state index contributed by atoms with van der Waals surface area (Å²) in [5.41, 5.74) is 3.36. The van der Waals surface area contributed by atoms with Crippen LogP contribution in [0.1, 0.15) is 37.4 Å². The number of ether oxygens (including phenoxy) is 1. The second kappa shape index (κ2) is 9.02. The molecule has 1 aliphatic carbocycles. The Morgan fingerprint density at radius 2 is 2.12 bits per heavy atom. The molecule has 132 valence electrons. The first kappa shape index (κ1) is 18.7. The summed E-state index contributed by atoms with van der Waals surface area (Å²) in [5, 5.41) is 9.76. The van der Waals surface area contributed by atoms with E-state index in [1.54, 1.807) is 19.9 Å². The molecule has 0 aromatic heterocycles. The zero-order chi connectivity index (χ0) is 18.2. The molecule has 1 aromatic carbocycles. The van der Waals surface area contributed by atoms with Gasteiger partial charge in [0, 0.05) is 17.6 Å². The van der Waals surface area contributed by atoms with Gasteiger partial charge in [-0.1, -0.05) is 54.1 Å². The van der Waals surface area contributed by atoms with Crippen LogP contribution in [0.2, 0.25) is 0 Å². The van der Waals surface area contributed by atoms with Crippen LogP contribution in [0.3, 0.4) is 0 Å². The van der Waals surface area contributed by atoms with Crippen molar-refractivity contribution in [3.63, 3.8) is 0 Å². The van der Waals surface area contributed by atoms with E-state index in [1.165, 1.54) is 11.6 Å². The normalized spacial score (nSPS) is 18.9. The van der Waals surface area contributed by atoms with Crippen molar-refractivity contribution in [2.75, 3.05) is 6.61 Å². The number of aliphatic hydroxyl groups is 1. The molecule has 2 rings (SSSR count). The standard InChI is InChI=1S/C21H25NO3/c1-4-25-20(24)13-10-17-6-5-7-19(14-17)21(22-16(3)23)18-11-8-15(2)9-12-18/h5-13,19,21H,4,14H2,1-3H3,(H,22,23)/p+1/b13-10+. The molecule has 25 heavy (non-hydrogen) atoms. The van der Waals surface area contributed by atoms with Crippen molar-refractivity contribution in [3.05, 3.63) is 71.3 Å². The molecular formula is C21H26NO3+. The highest BCUT2D eigenvalue weighted by atomic mass is 16.5. The molecule has 0 saturated carbocycles. The Bertz CT molecular complexity index is 707. The lowest BCUT2D eigenvalue weighted by Gasteiger charge is -2.20. The highest BCUT2D eigenvalue weighted by Crippen LogP contribution is 2.29. The Morgan fingerprint density at radius 1 is 1.40 bits per heavy atom. The third-order valence-electron chi connectivity index (χ3n) is 4.09. The Labute approximate surface area is 149 Å². The Balaban J connectivity index is 2.18. The van der Waals surface area contributed by atoms with E-state index in [2.05, 4.69) is 42.3 Å². The molecule has 4 heteroatoms. The molecule has 0 heterocycles. The maximum atomic E-state index is 11.5. The smallest absolute Gasteiger partial charge is 0.330 e. The third kappa shape index (κ3) is 5.75. The highest BCUT2D eigenvalue weighted by molar-refractivity contribution is 5.82. The zero-order valence-electron chi connectivity index (χ0n) is 15.0. The van der Waals surface area contributed by atoms with Gasteiger partial charge in [0.15, 0.2) is 6.04 Å². The minimum absolute atomic E-state index is 0.0402. The van der Waals surface area contributed by atoms with Crippen LogP contribution < -0.4 is 4.99 Å². The molecule has 0 aliphatic heterocycles. The van der Waals surface area contributed by atoms with Crippen molar-refractivity contribution >= 4 is 11.9 Å². The number of aryl methyl sites for hydroxylation is 1. The first-order chi connectivity index (χ1) is 12.0. The molecule has 2 unspecified atom stereocenters. The average molecular weight is 340 g/mol. The first-order valence-corrected chi connectivity index (χ1v) is 8.57. The third-order valence-corrected chi connectivity index (χ3v) is 4.09. The Hall–Kier alpha value is -2.62. The topological polar surface area (TPSA) is 60.5 Å². The predicted octanol–water partition coefficient (Wildman–Crippen LogP) is 2.71. The van der Waals surface area contributed by atoms with Crippen molar-refractivity contribution in [1.29, 1.82) is 0 Å². The van der Waals surface area contributed by atoms with Gasteiger partial charge in [-0.05, 0) is 25.8 Å². The maximum absolute atomic E-state index is 11.5. The number of rotatable bonds is 6. The summed E-state index contributed by atoms with van der Waals surface area (Å²) in [6.45, 7) is 5.86. The highest BCUT2D eigenvalue weighted by Gasteiger charge is 2.27. The fourth-order valence-electron chi connectivity index (χ4n) is 2.88. The van der Waals surface area contributed by atoms with Crippen LogP contribution >= 0.6 is 0 Å². The predicted molar refractivity (Wildman–Crippen MR) is 99.3 cm³/mol. The molecule has 0 saturated heterocycles. The van der Waals surface area contributed by atoms with E-state index in [1.807, 2.05) is 12.2 Å². The van der Waals surface area contributed by atoms with Gasteiger partial charge in [-0.2, -0.15) is 0 Å². The molecule has 1 aromatic rings. The van der Waals surface area contributed by atoms with E-state index >= 15 is 0 Å². The van der Waals surface area contributed by atoms with Gasteiger partial charge < -0.3 is 9.84 Å². The van der Waals surface area contributed by atoms with Crippen molar-refractivity contribution in [2.24, 2.45) is 5.92 Å². The number of hydrogen-bond donors (Lipinski definition) is 2. The van der Waals surface area contributed by atoms with Gasteiger partial charge in [0.25, 0.3) is 0 Å². The number of carbonyl (C=O) groups is 1. The number of benzene rings is 1. The van der Waals surface area contributed by atoms with Crippen LogP contribution in [0.5, 0.6) is 0 Å². The van der Waals surface area contributed by atoms with Crippen LogP contribution in [0.15, 0.2) is 60.2 Å². The SMILES string of the molecule is CCOC(=O)/C=C/C1=CC=CC(C([NH+]=C(C)O)c2ccc(C)cc2)C1. The van der Waals surface area contributed by atoms with Crippen LogP contribution in [0.25, 0.3) is 0 Å². The van der Waals surface area contributed by atoms with Gasteiger partial charge in [0.2, 0.25) is 0 Å². The molecule has 2 atom stereocenters. The van der Waals surface area contributed by atoms with Crippen molar-refractivity contribution in [1.82, 2.24) is 0 Å². The summed E-state index contributed by atoms with van der Waals surface area (Å²) in [4.78, 5) is 14.7. The molecule has 0 bridgehead atoms. The molecule has 1 aliphatic rings. The van der Waals surface area contributed by atoms with Crippen molar-refractivity contribution in [3.8, 4) is 0 Å². The lowest BCUT2D eigenvalue weighted by atomic mass is 9.84. The average Bonchev–Trinajstić information content (AvgIpc) is 2.59. The Kier molecular flexibility index (Phi) is 6.75. The van der Waals surface area contributed by atoms with E-state index in [0.29, 0.717) is 6.61 Å². The molecule has 2 N–H and O–H groups in total. The molecule has 0 fully saturated rings. The van der Waals surface area contributed by atoms with Crippen LogP contribution in [0, 0.1) is 12.8 Å². The zero-order valence-corrected chi connectivity index (χ0v) is 15.0. The largest absolute Gasteiger partial charge is 0.464 e. The molecule has 0 spiro atoms. The second-order valence-corrected chi connectivity index (χ2v) is 6.20. The Morgan fingerprint density at radius 3 is 2.76 bits per heavy atom. The summed E-state index contributed by atoms with van der Waals surface area (Å²) >= 11 is 0. The van der Waals surface area contributed by atoms with Crippen LogP contribution in [-0.2, 0) is 9.53 Å². The van der Waals surface area contributed by atoms with Crippen molar-refractivity contribution < 1.29 is 19.6 Å². The molecule has 0 amide bonds. The fourth-order valence-corrected chi connectivity index (χ4v) is 2.88. The maximum Gasteiger partial charge on any atom is 0.330 e. The number of nitrogens with one attached hydrogen (secondary N) is 1. The summed E-state index contributed by atoms with van der Waals surface area (Å²) in [7, 11) is 0. The number of carbonyl (C=O) groups excluding carboxylic acids is 1. The summed E-state index contributed by atoms with van der Waals surface area (Å²) in [6.07, 6.45) is 10.1. The number of hydrogen-bond acceptors (Lipinski definition) is 2. The second-order valence-electron chi connectivity index (χ2n) is 6.20. The lowest BCUT2D eigenvalue weighted by molar-refractivity contribution is -0.526. The van der Waals surface area contributed by atoms with Crippen molar-refractivity contribution in [2.45, 2.75) is 33.2 Å². The van der Waals surface area contributed by atoms with Gasteiger partial charge in [0.1, 0.15) is 0 Å². The number of allylic oxidation sites excluding steroid dienone is 4. The fraction of sp³-hybridized carbons (Fsp3) is 0.333. The molecule has 4 nitrogen and oxygen atoms in total. The quantitative estimate of drug-likeness (QED) is 0.362. The summed E-state index contributed by atoms with van der Waals surface area (Å²) in [5.74, 6) is 0.0241. The minimum atomic E-state index is -0.331. The van der Waals surface area contributed by atoms with Crippen LogP contribution in [0.4, 0.5) is 0 Å². The minimum Gasteiger partial charge on any atom is -0.464 e. The van der Waals surface area contributed by atoms with Gasteiger partial charge in [-0.3, -0.25) is 0 Å². The first-order valence-electron chi connectivity index (χ1n) is 8.57. The van der Waals surface area contributed by atoms with Gasteiger partial charge >= 0.3 is 11.9 Å². The number of esters is 1. The van der Waals surface area contributed by atoms with E-state index in [9.17, 15) is 9.90 Å². The van der Waals surface area contributed by atoms with Gasteiger partial charge in [-0.25, -0.2) is 9.79 Å². The number of aliphatic hydroxyl groups excluding tert-OH is 1. The van der Waals surface area contributed by atoms with E-state index in [0.717, 1.165) is 17.6 Å².